The van der Waals surface area contributed by atoms with Gasteiger partial charge < -0.3 is 24.6 Å². The third-order valence-corrected chi connectivity index (χ3v) is 4.62. The van der Waals surface area contributed by atoms with Gasteiger partial charge in [-0.25, -0.2) is 0 Å². The predicted molar refractivity (Wildman–Crippen MR) is 120 cm³/mol. The monoisotopic (exact) mass is 415 g/mol. The molecule has 174 valence electrons. The van der Waals surface area contributed by atoms with E-state index in [9.17, 15) is 9.90 Å². The van der Waals surface area contributed by atoms with E-state index in [0.29, 0.717) is 6.61 Å². The van der Waals surface area contributed by atoms with Gasteiger partial charge in [0.2, 0.25) is 0 Å². The average molecular weight is 416 g/mol. The Bertz CT molecular complexity index is 346. The lowest BCUT2D eigenvalue weighted by Gasteiger charge is -2.05. The van der Waals surface area contributed by atoms with Gasteiger partial charge in [0.05, 0.1) is 33.9 Å². The highest BCUT2D eigenvalue weighted by Crippen LogP contribution is 2.09. The van der Waals surface area contributed by atoms with E-state index in [2.05, 4.69) is 33.2 Å². The van der Waals surface area contributed by atoms with Crippen LogP contribution in [0, 0.1) is 0 Å². The van der Waals surface area contributed by atoms with E-state index >= 15 is 0 Å². The van der Waals surface area contributed by atoms with E-state index < -0.39 is 5.97 Å². The normalized spacial score (nSPS) is 11.1. The third-order valence-electron chi connectivity index (χ3n) is 4.62. The van der Waals surface area contributed by atoms with Gasteiger partial charge >= 0.3 is 0 Å². The van der Waals surface area contributed by atoms with Crippen LogP contribution in [0.5, 0.6) is 0 Å². The van der Waals surface area contributed by atoms with E-state index in [0.717, 1.165) is 32.4 Å². The molecule has 0 rings (SSSR count). The molecule has 0 aliphatic rings. The number of quaternary nitrogens is 1. The minimum Gasteiger partial charge on any atom is -0.550 e. The molecule has 0 bridgehead atoms. The number of carbonyl (C=O) groups is 1. The first-order valence-corrected chi connectivity index (χ1v) is 11.9. The lowest BCUT2D eigenvalue weighted by Crippen LogP contribution is -3.06. The van der Waals surface area contributed by atoms with Crippen molar-refractivity contribution in [2.75, 3.05) is 40.5 Å². The SMILES string of the molecule is CCCCCCCC/C=C\CCCCCCCC(=O)[O-].C[NH+](C)CCOCCO. The van der Waals surface area contributed by atoms with Gasteiger partial charge in [0.1, 0.15) is 6.54 Å². The summed E-state index contributed by atoms with van der Waals surface area (Å²) in [6.07, 6.45) is 20.9. The second-order valence-electron chi connectivity index (χ2n) is 8.00. The average Bonchev–Trinajstić information content (AvgIpc) is 2.68. The molecule has 0 saturated carbocycles. The summed E-state index contributed by atoms with van der Waals surface area (Å²) in [5, 5.41) is 18.5. The number of likely N-dealkylation sites (N-methyl/N-ethyl adjacent to an activating group) is 1. The largest absolute Gasteiger partial charge is 0.550 e. The Kier molecular flexibility index (Phi) is 28.3. The molecule has 0 atom stereocenters. The van der Waals surface area contributed by atoms with E-state index in [1.807, 2.05) is 0 Å². The molecule has 0 aromatic heterocycles. The Morgan fingerprint density at radius 3 is 1.86 bits per heavy atom. The van der Waals surface area contributed by atoms with Crippen molar-refractivity contribution in [3.05, 3.63) is 12.2 Å². The molecule has 29 heavy (non-hydrogen) atoms. The number of hydrogen-bond acceptors (Lipinski definition) is 4. The number of hydrogen-bond donors (Lipinski definition) is 2. The summed E-state index contributed by atoms with van der Waals surface area (Å²) in [6.45, 7) is 4.59. The molecular weight excluding hydrogens is 366 g/mol. The van der Waals surface area contributed by atoms with Crippen molar-refractivity contribution in [2.45, 2.75) is 96.8 Å². The lowest BCUT2D eigenvalue weighted by atomic mass is 10.1. The minimum atomic E-state index is -0.914. The number of aliphatic hydroxyl groups is 1. The fourth-order valence-electron chi connectivity index (χ4n) is 2.78. The molecular formula is C24H49NO4. The number of aliphatic carboxylic acids is 1. The first-order valence-electron chi connectivity index (χ1n) is 11.9. The van der Waals surface area contributed by atoms with Crippen LogP contribution in [0.15, 0.2) is 12.2 Å². The van der Waals surface area contributed by atoms with Crippen molar-refractivity contribution in [2.24, 2.45) is 0 Å². The van der Waals surface area contributed by atoms with Crippen LogP contribution in [-0.4, -0.2) is 51.5 Å². The molecule has 2 N–H and O–H groups in total. The molecule has 0 radical (unpaired) electrons. The fraction of sp³-hybridized carbons (Fsp3) is 0.875. The molecule has 0 aliphatic heterocycles. The molecule has 0 amide bonds. The van der Waals surface area contributed by atoms with Crippen LogP contribution in [0.1, 0.15) is 96.8 Å². The van der Waals surface area contributed by atoms with Crippen LogP contribution >= 0.6 is 0 Å². The van der Waals surface area contributed by atoms with Crippen molar-refractivity contribution in [1.29, 1.82) is 0 Å². The third kappa shape index (κ3) is 34.9. The smallest absolute Gasteiger partial charge is 0.100 e. The van der Waals surface area contributed by atoms with Crippen LogP contribution in [0.4, 0.5) is 0 Å². The van der Waals surface area contributed by atoms with Crippen LogP contribution < -0.4 is 10.0 Å². The van der Waals surface area contributed by atoms with Crippen LogP contribution in [-0.2, 0) is 9.53 Å². The molecule has 0 unspecified atom stereocenters. The summed E-state index contributed by atoms with van der Waals surface area (Å²) >= 11 is 0. The summed E-state index contributed by atoms with van der Waals surface area (Å²) in [7, 11) is 4.14. The van der Waals surface area contributed by atoms with Gasteiger partial charge in [-0.3, -0.25) is 0 Å². The highest BCUT2D eigenvalue weighted by atomic mass is 16.5. The highest BCUT2D eigenvalue weighted by molar-refractivity contribution is 5.63. The Morgan fingerprint density at radius 2 is 1.38 bits per heavy atom. The zero-order chi connectivity index (χ0) is 22.0. The van der Waals surface area contributed by atoms with E-state index in [1.165, 1.54) is 69.1 Å². The molecule has 0 aromatic rings. The van der Waals surface area contributed by atoms with Gasteiger partial charge in [-0.1, -0.05) is 70.4 Å². The molecule has 0 fully saturated rings. The second-order valence-corrected chi connectivity index (χ2v) is 8.00. The fourth-order valence-corrected chi connectivity index (χ4v) is 2.78. The summed E-state index contributed by atoms with van der Waals surface area (Å²) in [5.41, 5.74) is 0. The minimum absolute atomic E-state index is 0.128. The molecule has 0 spiro atoms. The van der Waals surface area contributed by atoms with Gasteiger partial charge in [-0.2, -0.15) is 0 Å². The van der Waals surface area contributed by atoms with E-state index in [-0.39, 0.29) is 13.0 Å². The maximum absolute atomic E-state index is 10.2. The highest BCUT2D eigenvalue weighted by Gasteiger charge is 1.92. The summed E-state index contributed by atoms with van der Waals surface area (Å²) in [4.78, 5) is 11.6. The second kappa shape index (κ2) is 27.1. The molecule has 0 saturated heterocycles. The van der Waals surface area contributed by atoms with Crippen LogP contribution in [0.25, 0.3) is 0 Å². The number of nitrogens with one attached hydrogen (secondary N) is 1. The first-order chi connectivity index (χ1) is 14.0. The number of carbonyl (C=O) groups excluding carboxylic acids is 1. The van der Waals surface area contributed by atoms with Gasteiger partial charge in [-0.15, -0.1) is 0 Å². The van der Waals surface area contributed by atoms with Crippen molar-refractivity contribution in [3.63, 3.8) is 0 Å². The molecule has 0 aromatic carbocycles. The van der Waals surface area contributed by atoms with E-state index in [1.54, 1.807) is 0 Å². The van der Waals surface area contributed by atoms with Crippen molar-refractivity contribution < 1.29 is 24.6 Å². The van der Waals surface area contributed by atoms with Crippen molar-refractivity contribution in [3.8, 4) is 0 Å². The molecule has 0 heterocycles. The summed E-state index contributed by atoms with van der Waals surface area (Å²) in [6, 6.07) is 0. The number of unbranched alkanes of at least 4 members (excludes halogenated alkanes) is 11. The Labute approximate surface area is 180 Å². The van der Waals surface area contributed by atoms with Gasteiger partial charge in [0, 0.05) is 5.97 Å². The zero-order valence-corrected chi connectivity index (χ0v) is 19.6. The number of carboxylic acid groups (broad SMARTS) is 1. The molecule has 5 heteroatoms. The molecule has 0 aliphatic carbocycles. The maximum atomic E-state index is 10.2. The number of ether oxygens (including phenoxy) is 1. The van der Waals surface area contributed by atoms with Gasteiger partial charge in [0.15, 0.2) is 0 Å². The van der Waals surface area contributed by atoms with Crippen molar-refractivity contribution >= 4 is 5.97 Å². The summed E-state index contributed by atoms with van der Waals surface area (Å²) in [5.74, 6) is -0.914. The summed E-state index contributed by atoms with van der Waals surface area (Å²) < 4.78 is 5.02. The number of aliphatic hydroxyl groups excluding tert-OH is 1. The quantitative estimate of drug-likeness (QED) is 0.237. The number of carboxylic acids is 1. The van der Waals surface area contributed by atoms with Gasteiger partial charge in [-0.05, 0) is 38.5 Å². The zero-order valence-electron chi connectivity index (χ0n) is 19.6. The Balaban J connectivity index is 0. The van der Waals surface area contributed by atoms with Crippen LogP contribution in [0.2, 0.25) is 0 Å². The van der Waals surface area contributed by atoms with Crippen LogP contribution in [0.3, 0.4) is 0 Å². The number of allylic oxidation sites excluding steroid dienone is 2. The maximum Gasteiger partial charge on any atom is 0.100 e. The first kappa shape index (κ1) is 30.3. The van der Waals surface area contributed by atoms with Crippen molar-refractivity contribution in [1.82, 2.24) is 0 Å². The number of rotatable bonds is 20. The predicted octanol–water partition coefficient (Wildman–Crippen LogP) is 2.91. The Hall–Kier alpha value is -0.910. The lowest BCUT2D eigenvalue weighted by molar-refractivity contribution is -0.858. The topological polar surface area (TPSA) is 74.0 Å². The van der Waals surface area contributed by atoms with Gasteiger partial charge in [0.25, 0.3) is 0 Å². The standard InChI is InChI=1S/C18H34O2.C6H15NO2/c1-2-3-4-5-6-7-8-9-10-11-12-13-14-15-16-17-18(19)20;1-7(2)3-5-9-6-4-8/h9-10H,2-8,11-17H2,1H3,(H,19,20);8H,3-6H2,1-2H3/b10-9-;. The van der Waals surface area contributed by atoms with E-state index in [4.69, 9.17) is 9.84 Å². The molecule has 5 nitrogen and oxygen atoms in total. The Morgan fingerprint density at radius 1 is 0.862 bits per heavy atom.